The Morgan fingerprint density at radius 1 is 1.23 bits per heavy atom. The number of carbonyl (C=O) groups excluding carboxylic acids is 2. The van der Waals surface area contributed by atoms with Crippen LogP contribution in [0.1, 0.15) is 24.0 Å². The van der Waals surface area contributed by atoms with E-state index in [0.717, 1.165) is 5.56 Å². The molecule has 31 heavy (non-hydrogen) atoms. The van der Waals surface area contributed by atoms with Crippen molar-refractivity contribution in [3.63, 3.8) is 0 Å². The van der Waals surface area contributed by atoms with Gasteiger partial charge in [-0.3, -0.25) is 9.59 Å². The van der Waals surface area contributed by atoms with E-state index in [1.165, 1.54) is 18.9 Å². The number of esters is 1. The zero-order valence-corrected chi connectivity index (χ0v) is 18.6. The van der Waals surface area contributed by atoms with E-state index in [1.54, 1.807) is 30.3 Å². The molecule has 0 aliphatic carbocycles. The molecule has 1 aliphatic rings. The Morgan fingerprint density at radius 2 is 1.94 bits per heavy atom. The standard InChI is InChI=1S/C23H21ClN2O4S/c1-3-30-16-10-8-14(9-11-16)19-17(12-25)22(26-21(27)20(19)23(28)29-2)31-13-15-6-4-5-7-18(15)24/h4-11,19-20H,3,13H2,1-2H3,(H,26,27)/t19-,20-/m0/s1. The van der Waals surface area contributed by atoms with Crippen LogP contribution in [0.25, 0.3) is 0 Å². The second-order valence-corrected chi connectivity index (χ2v) is 8.10. The van der Waals surface area contributed by atoms with Gasteiger partial charge in [0.1, 0.15) is 11.7 Å². The van der Waals surface area contributed by atoms with E-state index < -0.39 is 23.7 Å². The minimum atomic E-state index is -1.16. The minimum absolute atomic E-state index is 0.302. The molecule has 160 valence electrons. The molecule has 3 rings (SSSR count). The molecule has 6 nitrogen and oxygen atoms in total. The van der Waals surface area contributed by atoms with Crippen molar-refractivity contribution in [3.05, 3.63) is 75.3 Å². The SMILES string of the molecule is CCOc1ccc([C@H]2C(C#N)=C(SCc3ccccc3Cl)NC(=O)[C@H]2C(=O)OC)cc1. The van der Waals surface area contributed by atoms with Gasteiger partial charge in [-0.1, -0.05) is 41.9 Å². The fourth-order valence-corrected chi connectivity index (χ4v) is 4.72. The van der Waals surface area contributed by atoms with Crippen molar-refractivity contribution in [1.29, 1.82) is 5.26 Å². The lowest BCUT2D eigenvalue weighted by Gasteiger charge is -2.31. The zero-order chi connectivity index (χ0) is 22.4. The molecule has 1 aliphatic heterocycles. The van der Waals surface area contributed by atoms with Crippen LogP contribution in [0, 0.1) is 17.2 Å². The Morgan fingerprint density at radius 3 is 2.55 bits per heavy atom. The summed E-state index contributed by atoms with van der Waals surface area (Å²) in [5.74, 6) is -2.01. The Balaban J connectivity index is 2.01. The van der Waals surface area contributed by atoms with Crippen molar-refractivity contribution in [2.75, 3.05) is 13.7 Å². The molecule has 0 unspecified atom stereocenters. The van der Waals surface area contributed by atoms with Crippen LogP contribution < -0.4 is 10.1 Å². The van der Waals surface area contributed by atoms with E-state index in [2.05, 4.69) is 11.4 Å². The fraction of sp³-hybridized carbons (Fsp3) is 0.261. The maximum absolute atomic E-state index is 12.9. The van der Waals surface area contributed by atoms with Gasteiger partial charge < -0.3 is 14.8 Å². The first-order chi connectivity index (χ1) is 15.0. The maximum Gasteiger partial charge on any atom is 0.319 e. The normalized spacial score (nSPS) is 18.2. The van der Waals surface area contributed by atoms with Gasteiger partial charge in [-0.15, -0.1) is 11.8 Å². The van der Waals surface area contributed by atoms with Crippen molar-refractivity contribution >= 4 is 35.2 Å². The van der Waals surface area contributed by atoms with Crippen LogP contribution in [0.5, 0.6) is 5.75 Å². The van der Waals surface area contributed by atoms with Crippen LogP contribution in [-0.2, 0) is 20.1 Å². The minimum Gasteiger partial charge on any atom is -0.494 e. The number of thioether (sulfide) groups is 1. The van der Waals surface area contributed by atoms with E-state index in [4.69, 9.17) is 21.1 Å². The van der Waals surface area contributed by atoms with Gasteiger partial charge in [0, 0.05) is 16.7 Å². The number of amides is 1. The molecule has 0 spiro atoms. The third kappa shape index (κ3) is 5.04. The van der Waals surface area contributed by atoms with Gasteiger partial charge in [-0.05, 0) is 36.2 Å². The van der Waals surface area contributed by atoms with Gasteiger partial charge in [-0.25, -0.2) is 0 Å². The largest absolute Gasteiger partial charge is 0.494 e. The molecule has 2 aromatic carbocycles. The summed E-state index contributed by atoms with van der Waals surface area (Å²) in [6, 6.07) is 16.6. The quantitative estimate of drug-likeness (QED) is 0.490. The monoisotopic (exact) mass is 456 g/mol. The van der Waals surface area contributed by atoms with Crippen LogP contribution in [0.2, 0.25) is 5.02 Å². The van der Waals surface area contributed by atoms with Crippen molar-refractivity contribution in [2.24, 2.45) is 5.92 Å². The predicted octanol–water partition coefficient (Wildman–Crippen LogP) is 4.41. The number of allylic oxidation sites excluding steroid dienone is 1. The number of ether oxygens (including phenoxy) is 2. The van der Waals surface area contributed by atoms with Crippen LogP contribution in [0.15, 0.2) is 59.1 Å². The molecule has 1 N–H and O–H groups in total. The van der Waals surface area contributed by atoms with E-state index in [-0.39, 0.29) is 0 Å². The lowest BCUT2D eigenvalue weighted by atomic mass is 9.78. The second kappa shape index (κ2) is 10.4. The highest BCUT2D eigenvalue weighted by molar-refractivity contribution is 8.02. The number of halogens is 1. The highest BCUT2D eigenvalue weighted by Gasteiger charge is 2.44. The molecule has 2 atom stereocenters. The van der Waals surface area contributed by atoms with Crippen molar-refractivity contribution in [2.45, 2.75) is 18.6 Å². The molecule has 8 heteroatoms. The molecule has 1 heterocycles. The Bertz CT molecular complexity index is 1050. The van der Waals surface area contributed by atoms with Crippen LogP contribution in [0.4, 0.5) is 0 Å². The van der Waals surface area contributed by atoms with Crippen LogP contribution in [-0.4, -0.2) is 25.6 Å². The van der Waals surface area contributed by atoms with Gasteiger partial charge in [0.05, 0.1) is 30.4 Å². The number of nitrogens with zero attached hydrogens (tertiary/aromatic N) is 1. The summed E-state index contributed by atoms with van der Waals surface area (Å²) in [5, 5.41) is 13.7. The van der Waals surface area contributed by atoms with Gasteiger partial charge in [0.2, 0.25) is 5.91 Å². The lowest BCUT2D eigenvalue weighted by molar-refractivity contribution is -0.150. The third-order valence-electron chi connectivity index (χ3n) is 4.86. The molecular formula is C23H21ClN2O4S. The summed E-state index contributed by atoms with van der Waals surface area (Å²) >= 11 is 7.53. The fourth-order valence-electron chi connectivity index (χ4n) is 3.38. The van der Waals surface area contributed by atoms with Gasteiger partial charge in [0.15, 0.2) is 0 Å². The summed E-state index contributed by atoms with van der Waals surface area (Å²) in [6.07, 6.45) is 0. The molecule has 0 saturated heterocycles. The van der Waals surface area contributed by atoms with Crippen molar-refractivity contribution in [1.82, 2.24) is 5.32 Å². The molecule has 0 bridgehead atoms. The molecule has 0 radical (unpaired) electrons. The number of nitriles is 1. The first-order valence-electron chi connectivity index (χ1n) is 9.62. The molecular weight excluding hydrogens is 436 g/mol. The zero-order valence-electron chi connectivity index (χ0n) is 17.1. The first-order valence-corrected chi connectivity index (χ1v) is 11.0. The number of hydrogen-bond donors (Lipinski definition) is 1. The molecule has 0 saturated carbocycles. The number of hydrogen-bond acceptors (Lipinski definition) is 6. The predicted molar refractivity (Wildman–Crippen MR) is 119 cm³/mol. The van der Waals surface area contributed by atoms with Crippen molar-refractivity contribution < 1.29 is 19.1 Å². The van der Waals surface area contributed by atoms with Crippen molar-refractivity contribution in [3.8, 4) is 11.8 Å². The number of nitrogens with one attached hydrogen (secondary N) is 1. The summed E-state index contributed by atoms with van der Waals surface area (Å²) in [6.45, 7) is 2.40. The highest BCUT2D eigenvalue weighted by atomic mass is 35.5. The Hall–Kier alpha value is -2.95. The summed E-state index contributed by atoms with van der Waals surface area (Å²) < 4.78 is 10.3. The van der Waals surface area contributed by atoms with Crippen LogP contribution in [0.3, 0.4) is 0 Å². The number of rotatable bonds is 7. The van der Waals surface area contributed by atoms with E-state index in [9.17, 15) is 14.9 Å². The number of methoxy groups -OCH3 is 1. The Labute approximate surface area is 190 Å². The summed E-state index contributed by atoms with van der Waals surface area (Å²) in [7, 11) is 1.22. The first kappa shape index (κ1) is 22.7. The van der Waals surface area contributed by atoms with Gasteiger partial charge >= 0.3 is 5.97 Å². The van der Waals surface area contributed by atoms with E-state index >= 15 is 0 Å². The summed E-state index contributed by atoms with van der Waals surface area (Å²) in [5.41, 5.74) is 1.83. The van der Waals surface area contributed by atoms with E-state index in [0.29, 0.717) is 39.3 Å². The van der Waals surface area contributed by atoms with Crippen LogP contribution >= 0.6 is 23.4 Å². The average Bonchev–Trinajstić information content (AvgIpc) is 2.78. The maximum atomic E-state index is 12.9. The molecule has 0 aromatic heterocycles. The Kier molecular flexibility index (Phi) is 7.61. The number of benzene rings is 2. The van der Waals surface area contributed by atoms with Gasteiger partial charge in [0.25, 0.3) is 0 Å². The third-order valence-corrected chi connectivity index (χ3v) is 6.30. The molecule has 0 fully saturated rings. The molecule has 1 amide bonds. The highest BCUT2D eigenvalue weighted by Crippen LogP contribution is 2.41. The number of carbonyl (C=O) groups is 2. The lowest BCUT2D eigenvalue weighted by Crippen LogP contribution is -2.44. The second-order valence-electron chi connectivity index (χ2n) is 6.70. The van der Waals surface area contributed by atoms with Gasteiger partial charge in [-0.2, -0.15) is 5.26 Å². The molecule has 2 aromatic rings. The average molecular weight is 457 g/mol. The summed E-state index contributed by atoms with van der Waals surface area (Å²) in [4.78, 5) is 25.3. The van der Waals surface area contributed by atoms with E-state index in [1.807, 2.05) is 25.1 Å². The smallest absolute Gasteiger partial charge is 0.319 e. The topological polar surface area (TPSA) is 88.4 Å².